The largest absolute Gasteiger partial charge is 0.381 e. The van der Waals surface area contributed by atoms with E-state index in [0.717, 1.165) is 30.3 Å². The topological polar surface area (TPSA) is 72.9 Å². The van der Waals surface area contributed by atoms with Gasteiger partial charge in [-0.25, -0.2) is 0 Å². The van der Waals surface area contributed by atoms with Gasteiger partial charge in [0, 0.05) is 12.7 Å². The van der Waals surface area contributed by atoms with Crippen LogP contribution in [-0.2, 0) is 4.79 Å². The fraction of sp³-hybridized carbons (Fsp3) is 0.556. The van der Waals surface area contributed by atoms with Gasteiger partial charge in [0.15, 0.2) is 5.82 Å². The highest BCUT2D eigenvalue weighted by molar-refractivity contribution is 9.10. The zero-order chi connectivity index (χ0) is 10.8. The second-order valence-electron chi connectivity index (χ2n) is 3.64. The normalized spacial score (nSPS) is 22.2. The Balaban J connectivity index is 2.24. The van der Waals surface area contributed by atoms with Gasteiger partial charge in [0.05, 0.1) is 4.47 Å². The van der Waals surface area contributed by atoms with Crippen LogP contribution in [0.5, 0.6) is 0 Å². The number of hydrogen-bond donors (Lipinski definition) is 2. The number of anilines is 1. The number of carbonyl (C=O) groups excluding carboxylic acids is 1. The number of hydrogen-bond acceptors (Lipinski definition) is 3. The Morgan fingerprint density at radius 3 is 3.07 bits per heavy atom. The van der Waals surface area contributed by atoms with Crippen LogP contribution in [0.25, 0.3) is 0 Å². The van der Waals surface area contributed by atoms with Crippen molar-refractivity contribution in [3.05, 3.63) is 10.7 Å². The van der Waals surface area contributed by atoms with Crippen LogP contribution in [0.4, 0.5) is 5.82 Å². The van der Waals surface area contributed by atoms with E-state index in [0.29, 0.717) is 5.82 Å². The van der Waals surface area contributed by atoms with E-state index in [1.807, 2.05) is 0 Å². The first kappa shape index (κ1) is 10.5. The molecule has 0 radical (unpaired) electrons. The molecule has 0 saturated carbocycles. The van der Waals surface area contributed by atoms with Gasteiger partial charge in [-0.05, 0) is 35.2 Å². The Bertz CT molecular complexity index is 357. The van der Waals surface area contributed by atoms with Crippen molar-refractivity contribution in [1.29, 1.82) is 0 Å². The average Bonchev–Trinajstić information content (AvgIpc) is 2.41. The third kappa shape index (κ3) is 2.14. The zero-order valence-electron chi connectivity index (χ0n) is 8.24. The Kier molecular flexibility index (Phi) is 2.95. The summed E-state index contributed by atoms with van der Waals surface area (Å²) in [5, 5.41) is 6.98. The summed E-state index contributed by atoms with van der Waals surface area (Å²) < 4.78 is 2.37. The van der Waals surface area contributed by atoms with Crippen molar-refractivity contribution < 1.29 is 4.79 Å². The molecule has 3 N–H and O–H groups in total. The fourth-order valence-electron chi connectivity index (χ4n) is 1.72. The first-order valence-corrected chi connectivity index (χ1v) is 5.75. The van der Waals surface area contributed by atoms with E-state index in [1.54, 1.807) is 10.9 Å². The Labute approximate surface area is 96.1 Å². The molecule has 1 fully saturated rings. The highest BCUT2D eigenvalue weighted by Gasteiger charge is 2.23. The highest BCUT2D eigenvalue weighted by Crippen LogP contribution is 2.23. The monoisotopic (exact) mass is 272 g/mol. The van der Waals surface area contributed by atoms with Crippen molar-refractivity contribution in [2.24, 2.45) is 0 Å². The molecule has 2 rings (SSSR count). The van der Waals surface area contributed by atoms with E-state index in [-0.39, 0.29) is 11.9 Å². The number of nitrogen functional groups attached to an aromatic ring is 1. The number of halogens is 1. The van der Waals surface area contributed by atoms with Crippen molar-refractivity contribution in [1.82, 2.24) is 15.1 Å². The molecule has 5 nitrogen and oxygen atoms in total. The number of nitrogens with one attached hydrogen (secondary N) is 1. The smallest absolute Gasteiger partial charge is 0.244 e. The summed E-state index contributed by atoms with van der Waals surface area (Å²) in [5.41, 5.74) is 5.62. The van der Waals surface area contributed by atoms with Gasteiger partial charge < -0.3 is 11.1 Å². The van der Waals surface area contributed by atoms with Gasteiger partial charge in [0.25, 0.3) is 0 Å². The quantitative estimate of drug-likeness (QED) is 0.803. The highest BCUT2D eigenvalue weighted by atomic mass is 79.9. The lowest BCUT2D eigenvalue weighted by atomic mass is 10.1. The summed E-state index contributed by atoms with van der Waals surface area (Å²) in [4.78, 5) is 11.7. The molecule has 1 atom stereocenters. The van der Waals surface area contributed by atoms with Gasteiger partial charge in [-0.15, -0.1) is 0 Å². The summed E-state index contributed by atoms with van der Waals surface area (Å²) in [6.07, 6.45) is 4.63. The average molecular weight is 273 g/mol. The minimum Gasteiger partial charge on any atom is -0.381 e. The molecule has 1 saturated heterocycles. The summed E-state index contributed by atoms with van der Waals surface area (Å²) in [6, 6.07) is -0.221. The molecule has 0 spiro atoms. The first-order chi connectivity index (χ1) is 7.18. The molecule has 1 aliphatic heterocycles. The van der Waals surface area contributed by atoms with E-state index in [1.165, 1.54) is 0 Å². The minimum atomic E-state index is -0.221. The summed E-state index contributed by atoms with van der Waals surface area (Å²) in [5.74, 6) is 0.453. The number of nitrogens with zero attached hydrogens (tertiary/aromatic N) is 2. The van der Waals surface area contributed by atoms with Crippen LogP contribution >= 0.6 is 15.9 Å². The second-order valence-corrected chi connectivity index (χ2v) is 4.50. The SMILES string of the molecule is Nc1nn(C2CCCCNC2=O)cc1Br. The Morgan fingerprint density at radius 1 is 1.60 bits per heavy atom. The predicted octanol–water partition coefficient (Wildman–Crippen LogP) is 1.07. The lowest BCUT2D eigenvalue weighted by Gasteiger charge is -2.12. The van der Waals surface area contributed by atoms with Gasteiger partial charge in [0.2, 0.25) is 5.91 Å². The zero-order valence-corrected chi connectivity index (χ0v) is 9.83. The van der Waals surface area contributed by atoms with Crippen molar-refractivity contribution in [3.8, 4) is 0 Å². The predicted molar refractivity (Wildman–Crippen MR) is 60.2 cm³/mol. The Morgan fingerprint density at radius 2 is 2.40 bits per heavy atom. The minimum absolute atomic E-state index is 0.0301. The van der Waals surface area contributed by atoms with Crippen molar-refractivity contribution in [2.75, 3.05) is 12.3 Å². The molecule has 0 bridgehead atoms. The van der Waals surface area contributed by atoms with Gasteiger partial charge in [-0.3, -0.25) is 9.48 Å². The lowest BCUT2D eigenvalue weighted by Crippen LogP contribution is -2.31. The van der Waals surface area contributed by atoms with Crippen LogP contribution in [0, 0.1) is 0 Å². The van der Waals surface area contributed by atoms with Gasteiger partial charge in [-0.2, -0.15) is 5.10 Å². The lowest BCUT2D eigenvalue weighted by molar-refractivity contribution is -0.124. The van der Waals surface area contributed by atoms with Gasteiger partial charge in [0.1, 0.15) is 6.04 Å². The number of carbonyl (C=O) groups is 1. The molecule has 0 aliphatic carbocycles. The number of amides is 1. The third-order valence-electron chi connectivity index (χ3n) is 2.54. The molecular formula is C9H13BrN4O. The third-order valence-corrected chi connectivity index (χ3v) is 3.15. The molecular weight excluding hydrogens is 260 g/mol. The van der Waals surface area contributed by atoms with Crippen molar-refractivity contribution >= 4 is 27.7 Å². The van der Waals surface area contributed by atoms with E-state index < -0.39 is 0 Å². The van der Waals surface area contributed by atoms with Crippen molar-refractivity contribution in [3.63, 3.8) is 0 Å². The molecule has 1 aromatic rings. The van der Waals surface area contributed by atoms with E-state index in [2.05, 4.69) is 26.3 Å². The van der Waals surface area contributed by atoms with Crippen molar-refractivity contribution in [2.45, 2.75) is 25.3 Å². The molecule has 0 aromatic carbocycles. The van der Waals surface area contributed by atoms with Crippen LogP contribution < -0.4 is 11.1 Å². The number of rotatable bonds is 1. The summed E-state index contributed by atoms with van der Waals surface area (Å²) >= 11 is 3.28. The first-order valence-electron chi connectivity index (χ1n) is 4.96. The maximum atomic E-state index is 11.7. The molecule has 82 valence electrons. The summed E-state index contributed by atoms with van der Waals surface area (Å²) in [7, 11) is 0. The van der Waals surface area contributed by atoms with E-state index >= 15 is 0 Å². The molecule has 15 heavy (non-hydrogen) atoms. The van der Waals surface area contributed by atoms with Crippen LogP contribution in [-0.4, -0.2) is 22.2 Å². The summed E-state index contributed by atoms with van der Waals surface area (Å²) in [6.45, 7) is 0.757. The van der Waals surface area contributed by atoms with Crippen LogP contribution in [0.3, 0.4) is 0 Å². The molecule has 1 aromatic heterocycles. The van der Waals surface area contributed by atoms with Crippen LogP contribution in [0.15, 0.2) is 10.7 Å². The standard InChI is InChI=1S/C9H13BrN4O/c10-6-5-14(13-8(6)11)7-3-1-2-4-12-9(7)15/h5,7H,1-4H2,(H2,11,13)(H,12,15). The maximum absolute atomic E-state index is 11.7. The van der Waals surface area contributed by atoms with Gasteiger partial charge >= 0.3 is 0 Å². The fourth-order valence-corrected chi connectivity index (χ4v) is 2.01. The Hall–Kier alpha value is -1.04. The van der Waals surface area contributed by atoms with E-state index in [9.17, 15) is 4.79 Å². The molecule has 1 amide bonds. The molecule has 6 heteroatoms. The van der Waals surface area contributed by atoms with E-state index in [4.69, 9.17) is 5.73 Å². The molecule has 1 aliphatic rings. The molecule has 1 unspecified atom stereocenters. The number of aromatic nitrogens is 2. The van der Waals surface area contributed by atoms with Crippen LogP contribution in [0.2, 0.25) is 0 Å². The van der Waals surface area contributed by atoms with Crippen LogP contribution in [0.1, 0.15) is 25.3 Å². The maximum Gasteiger partial charge on any atom is 0.244 e. The second kappa shape index (κ2) is 4.22. The van der Waals surface area contributed by atoms with Gasteiger partial charge in [-0.1, -0.05) is 0 Å². The number of nitrogens with two attached hydrogens (primary N) is 1. The molecule has 2 heterocycles.